The van der Waals surface area contributed by atoms with Crippen LogP contribution in [0.1, 0.15) is 24.0 Å². The Morgan fingerprint density at radius 1 is 1.00 bits per heavy atom. The van der Waals surface area contributed by atoms with E-state index in [-0.39, 0.29) is 5.82 Å². The minimum Gasteiger partial charge on any atom is -0.481 e. The van der Waals surface area contributed by atoms with E-state index in [0.717, 1.165) is 18.4 Å². The Kier molecular flexibility index (Phi) is 5.50. The van der Waals surface area contributed by atoms with Crippen molar-refractivity contribution in [3.8, 4) is 0 Å². The molecule has 0 radical (unpaired) electrons. The van der Waals surface area contributed by atoms with Crippen LogP contribution >= 0.6 is 0 Å². The summed E-state index contributed by atoms with van der Waals surface area (Å²) in [4.78, 5) is 11.3. The molecule has 3 heteroatoms. The van der Waals surface area contributed by atoms with Gasteiger partial charge in [0.1, 0.15) is 5.82 Å². The summed E-state index contributed by atoms with van der Waals surface area (Å²) in [7, 11) is 0. The van der Waals surface area contributed by atoms with E-state index in [1.807, 2.05) is 18.2 Å². The van der Waals surface area contributed by atoms with E-state index < -0.39 is 11.9 Å². The van der Waals surface area contributed by atoms with Gasteiger partial charge in [0, 0.05) is 0 Å². The Bertz CT molecular complexity index is 564. The third-order valence-corrected chi connectivity index (χ3v) is 3.61. The second kappa shape index (κ2) is 7.58. The quantitative estimate of drug-likeness (QED) is 0.832. The first-order valence-corrected chi connectivity index (χ1v) is 7.16. The van der Waals surface area contributed by atoms with Gasteiger partial charge in [0.25, 0.3) is 0 Å². The molecular weight excluding hydrogens is 267 g/mol. The van der Waals surface area contributed by atoms with Gasteiger partial charge in [0.2, 0.25) is 0 Å². The molecule has 0 bridgehead atoms. The van der Waals surface area contributed by atoms with Gasteiger partial charge in [-0.1, -0.05) is 42.5 Å². The van der Waals surface area contributed by atoms with Crippen molar-refractivity contribution in [2.45, 2.75) is 25.7 Å². The molecule has 0 aliphatic carbocycles. The zero-order valence-corrected chi connectivity index (χ0v) is 11.8. The van der Waals surface area contributed by atoms with Crippen molar-refractivity contribution in [3.05, 3.63) is 71.5 Å². The smallest absolute Gasteiger partial charge is 0.306 e. The molecule has 1 N–H and O–H groups in total. The van der Waals surface area contributed by atoms with Gasteiger partial charge in [-0.3, -0.25) is 4.79 Å². The largest absolute Gasteiger partial charge is 0.481 e. The summed E-state index contributed by atoms with van der Waals surface area (Å²) in [6.07, 6.45) is 2.79. The molecule has 0 heterocycles. The van der Waals surface area contributed by atoms with Gasteiger partial charge >= 0.3 is 5.97 Å². The molecule has 0 aliphatic rings. The Balaban J connectivity index is 1.87. The van der Waals surface area contributed by atoms with Gasteiger partial charge in [-0.15, -0.1) is 0 Å². The van der Waals surface area contributed by atoms with Crippen molar-refractivity contribution in [1.82, 2.24) is 0 Å². The van der Waals surface area contributed by atoms with Crippen LogP contribution in [0.5, 0.6) is 0 Å². The SMILES string of the molecule is O=C(O)C(CCCc1ccccc1)Cc1ccc(F)cc1. The standard InChI is InChI=1S/C18H19FO2/c19-17-11-9-15(10-12-17)13-16(18(20)21)8-4-7-14-5-2-1-3-6-14/h1-3,5-6,9-12,16H,4,7-8,13H2,(H,20,21). The predicted molar refractivity (Wildman–Crippen MR) is 80.6 cm³/mol. The highest BCUT2D eigenvalue weighted by Crippen LogP contribution is 2.17. The molecule has 0 saturated carbocycles. The lowest BCUT2D eigenvalue weighted by molar-refractivity contribution is -0.141. The number of hydrogen-bond donors (Lipinski definition) is 1. The van der Waals surface area contributed by atoms with Crippen LogP contribution in [-0.2, 0) is 17.6 Å². The fourth-order valence-electron chi connectivity index (χ4n) is 2.42. The van der Waals surface area contributed by atoms with E-state index in [1.165, 1.54) is 17.7 Å². The van der Waals surface area contributed by atoms with E-state index in [4.69, 9.17) is 0 Å². The number of aryl methyl sites for hydroxylation is 1. The lowest BCUT2D eigenvalue weighted by Gasteiger charge is -2.12. The molecule has 21 heavy (non-hydrogen) atoms. The van der Waals surface area contributed by atoms with Gasteiger partial charge in [0.15, 0.2) is 0 Å². The average Bonchev–Trinajstić information content (AvgIpc) is 2.49. The maximum Gasteiger partial charge on any atom is 0.306 e. The van der Waals surface area contributed by atoms with Crippen LogP contribution < -0.4 is 0 Å². The van der Waals surface area contributed by atoms with Crippen molar-refractivity contribution in [3.63, 3.8) is 0 Å². The summed E-state index contributed by atoms with van der Waals surface area (Å²) in [5.41, 5.74) is 2.09. The van der Waals surface area contributed by atoms with Gasteiger partial charge in [-0.05, 0) is 48.9 Å². The molecule has 2 aromatic rings. The molecule has 0 saturated heterocycles. The van der Waals surface area contributed by atoms with Crippen molar-refractivity contribution in [2.24, 2.45) is 5.92 Å². The highest BCUT2D eigenvalue weighted by Gasteiger charge is 2.17. The summed E-state index contributed by atoms with van der Waals surface area (Å²) < 4.78 is 12.9. The van der Waals surface area contributed by atoms with Crippen LogP contribution in [0.15, 0.2) is 54.6 Å². The number of halogens is 1. The second-order valence-electron chi connectivity index (χ2n) is 5.24. The van der Waals surface area contributed by atoms with E-state index in [9.17, 15) is 14.3 Å². The maximum atomic E-state index is 12.9. The fraction of sp³-hybridized carbons (Fsp3) is 0.278. The highest BCUT2D eigenvalue weighted by atomic mass is 19.1. The molecule has 2 rings (SSSR count). The second-order valence-corrected chi connectivity index (χ2v) is 5.24. The number of rotatable bonds is 7. The van der Waals surface area contributed by atoms with Crippen molar-refractivity contribution in [2.75, 3.05) is 0 Å². The molecular formula is C18H19FO2. The molecule has 1 unspecified atom stereocenters. The number of benzene rings is 2. The first kappa shape index (κ1) is 15.2. The van der Waals surface area contributed by atoms with Gasteiger partial charge in [-0.25, -0.2) is 4.39 Å². The third-order valence-electron chi connectivity index (χ3n) is 3.61. The molecule has 0 aliphatic heterocycles. The lowest BCUT2D eigenvalue weighted by atomic mass is 9.93. The van der Waals surface area contributed by atoms with Crippen molar-refractivity contribution in [1.29, 1.82) is 0 Å². The molecule has 2 aromatic carbocycles. The molecule has 0 spiro atoms. The van der Waals surface area contributed by atoms with Crippen LogP contribution in [-0.4, -0.2) is 11.1 Å². The molecule has 0 fully saturated rings. The van der Waals surface area contributed by atoms with Crippen LogP contribution in [0.2, 0.25) is 0 Å². The average molecular weight is 286 g/mol. The number of hydrogen-bond acceptors (Lipinski definition) is 1. The van der Waals surface area contributed by atoms with Crippen molar-refractivity contribution >= 4 is 5.97 Å². The Labute approximate surface area is 124 Å². The molecule has 0 aromatic heterocycles. The van der Waals surface area contributed by atoms with E-state index in [1.54, 1.807) is 12.1 Å². The van der Waals surface area contributed by atoms with Gasteiger partial charge in [-0.2, -0.15) is 0 Å². The Morgan fingerprint density at radius 2 is 1.67 bits per heavy atom. The zero-order valence-electron chi connectivity index (χ0n) is 11.8. The molecule has 0 amide bonds. The lowest BCUT2D eigenvalue weighted by Crippen LogP contribution is -2.16. The number of carboxylic acid groups (broad SMARTS) is 1. The minimum absolute atomic E-state index is 0.297. The fourth-order valence-corrected chi connectivity index (χ4v) is 2.42. The highest BCUT2D eigenvalue weighted by molar-refractivity contribution is 5.70. The minimum atomic E-state index is -0.785. The monoisotopic (exact) mass is 286 g/mol. The summed E-state index contributed by atoms with van der Waals surface area (Å²) in [5.74, 6) is -1.50. The van der Waals surface area contributed by atoms with Gasteiger partial charge < -0.3 is 5.11 Å². The zero-order chi connectivity index (χ0) is 15.1. The van der Waals surface area contributed by atoms with Crippen LogP contribution in [0.3, 0.4) is 0 Å². The van der Waals surface area contributed by atoms with E-state index in [0.29, 0.717) is 12.8 Å². The van der Waals surface area contributed by atoms with Crippen LogP contribution in [0.4, 0.5) is 4.39 Å². The number of carbonyl (C=O) groups is 1. The normalized spacial score (nSPS) is 12.0. The predicted octanol–water partition coefficient (Wildman–Crippen LogP) is 4.09. The van der Waals surface area contributed by atoms with E-state index >= 15 is 0 Å². The summed E-state index contributed by atoms with van der Waals surface area (Å²) in [6, 6.07) is 16.1. The molecule has 2 nitrogen and oxygen atoms in total. The summed E-state index contributed by atoms with van der Waals surface area (Å²) in [5, 5.41) is 9.31. The number of aliphatic carboxylic acids is 1. The molecule has 1 atom stereocenters. The number of carboxylic acids is 1. The summed E-state index contributed by atoms with van der Waals surface area (Å²) >= 11 is 0. The van der Waals surface area contributed by atoms with Crippen molar-refractivity contribution < 1.29 is 14.3 Å². The van der Waals surface area contributed by atoms with E-state index in [2.05, 4.69) is 12.1 Å². The molecule has 110 valence electrons. The summed E-state index contributed by atoms with van der Waals surface area (Å²) in [6.45, 7) is 0. The van der Waals surface area contributed by atoms with Crippen LogP contribution in [0.25, 0.3) is 0 Å². The van der Waals surface area contributed by atoms with Gasteiger partial charge in [0.05, 0.1) is 5.92 Å². The Hall–Kier alpha value is -2.16. The first-order chi connectivity index (χ1) is 10.1. The topological polar surface area (TPSA) is 37.3 Å². The first-order valence-electron chi connectivity index (χ1n) is 7.16. The third kappa shape index (κ3) is 5.03. The Morgan fingerprint density at radius 3 is 2.29 bits per heavy atom. The van der Waals surface area contributed by atoms with Crippen LogP contribution in [0, 0.1) is 11.7 Å². The maximum absolute atomic E-state index is 12.9.